The summed E-state index contributed by atoms with van der Waals surface area (Å²) in [4.78, 5) is 26.8. The molecule has 1 aliphatic heterocycles. The van der Waals surface area contributed by atoms with Gasteiger partial charge in [-0.15, -0.1) is 0 Å². The third kappa shape index (κ3) is 7.06. The Morgan fingerprint density at radius 3 is 2.36 bits per heavy atom. The van der Waals surface area contributed by atoms with Crippen LogP contribution in [0.5, 0.6) is 0 Å². The number of unbranched alkanes of at least 4 members (excludes halogenated alkanes) is 1. The molecule has 3 heteroatoms. The molecule has 1 fully saturated rings. The molecule has 0 radical (unpaired) electrons. The number of nitrogens with zero attached hydrogens (tertiary/aromatic N) is 1. The van der Waals surface area contributed by atoms with Crippen molar-refractivity contribution in [2.45, 2.75) is 65.7 Å². The normalized spacial score (nSPS) is 16.5. The minimum absolute atomic E-state index is 0.00389. The number of likely N-dealkylation sites (tertiary alicyclic amines) is 1. The second-order valence-electron chi connectivity index (χ2n) is 6.57. The molecule has 1 saturated heterocycles. The molecule has 0 spiro atoms. The van der Waals surface area contributed by atoms with E-state index < -0.39 is 0 Å². The van der Waals surface area contributed by atoms with Gasteiger partial charge in [0.15, 0.2) is 11.6 Å². The van der Waals surface area contributed by atoms with Gasteiger partial charge in [-0.2, -0.15) is 0 Å². The molecular formula is C19H31NO2. The fraction of sp³-hybridized carbons (Fsp3) is 0.684. The predicted octanol–water partition coefficient (Wildman–Crippen LogP) is 4.29. The smallest absolute Gasteiger partial charge is 0.166 e. The predicted molar refractivity (Wildman–Crippen MR) is 91.6 cm³/mol. The van der Waals surface area contributed by atoms with Gasteiger partial charge in [0.05, 0.1) is 5.57 Å². The highest BCUT2D eigenvalue weighted by Crippen LogP contribution is 2.13. The second kappa shape index (κ2) is 10.4. The lowest BCUT2D eigenvalue weighted by Gasteiger charge is -2.24. The second-order valence-corrected chi connectivity index (χ2v) is 6.57. The van der Waals surface area contributed by atoms with E-state index in [1.807, 2.05) is 26.1 Å². The van der Waals surface area contributed by atoms with E-state index in [4.69, 9.17) is 0 Å². The molecule has 0 aliphatic carbocycles. The van der Waals surface area contributed by atoms with Crippen molar-refractivity contribution in [3.8, 4) is 0 Å². The molecular weight excluding hydrogens is 274 g/mol. The standard InChI is InChI=1S/C19H31NO2/c1-4-5-11-18(21)17(19(22)15-16(2)3)10-9-14-20-12-7-6-8-13-20/h9-10,14,16H,4-8,11-13,15H2,1-3H3/b14-9+,17-10+. The van der Waals surface area contributed by atoms with Crippen molar-refractivity contribution < 1.29 is 9.59 Å². The number of hydrogen-bond acceptors (Lipinski definition) is 3. The lowest BCUT2D eigenvalue weighted by molar-refractivity contribution is -0.121. The van der Waals surface area contributed by atoms with Gasteiger partial charge in [0, 0.05) is 25.9 Å². The lowest BCUT2D eigenvalue weighted by Crippen LogP contribution is -2.24. The van der Waals surface area contributed by atoms with Gasteiger partial charge in [0.2, 0.25) is 0 Å². The average molecular weight is 305 g/mol. The summed E-state index contributed by atoms with van der Waals surface area (Å²) in [5.74, 6) is 0.260. The maximum Gasteiger partial charge on any atom is 0.166 e. The first-order valence-electron chi connectivity index (χ1n) is 8.73. The zero-order valence-electron chi connectivity index (χ0n) is 14.4. The zero-order valence-corrected chi connectivity index (χ0v) is 14.4. The van der Waals surface area contributed by atoms with Crippen LogP contribution >= 0.6 is 0 Å². The Balaban J connectivity index is 2.73. The Labute approximate surface area is 135 Å². The number of Topliss-reactive ketones (excluding diaryl/α,β-unsaturated/α-hetero) is 2. The van der Waals surface area contributed by atoms with E-state index in [-0.39, 0.29) is 17.5 Å². The number of hydrogen-bond donors (Lipinski definition) is 0. The highest BCUT2D eigenvalue weighted by atomic mass is 16.1. The fourth-order valence-electron chi connectivity index (χ4n) is 2.62. The van der Waals surface area contributed by atoms with E-state index in [9.17, 15) is 9.59 Å². The number of ketones is 2. The van der Waals surface area contributed by atoms with Gasteiger partial charge in [-0.3, -0.25) is 9.59 Å². The van der Waals surface area contributed by atoms with Crippen molar-refractivity contribution >= 4 is 11.6 Å². The monoisotopic (exact) mass is 305 g/mol. The van der Waals surface area contributed by atoms with E-state index in [1.165, 1.54) is 19.3 Å². The first-order valence-corrected chi connectivity index (χ1v) is 8.73. The number of allylic oxidation sites excluding steroid dienone is 3. The van der Waals surface area contributed by atoms with Gasteiger partial charge in [0.1, 0.15) is 0 Å². The Morgan fingerprint density at radius 1 is 1.09 bits per heavy atom. The Morgan fingerprint density at radius 2 is 1.77 bits per heavy atom. The highest BCUT2D eigenvalue weighted by molar-refractivity contribution is 6.20. The molecule has 1 rings (SSSR count). The van der Waals surface area contributed by atoms with Crippen LogP contribution in [0.2, 0.25) is 0 Å². The van der Waals surface area contributed by atoms with Crippen molar-refractivity contribution in [3.63, 3.8) is 0 Å². The maximum atomic E-state index is 12.3. The van der Waals surface area contributed by atoms with Crippen LogP contribution in [0.25, 0.3) is 0 Å². The van der Waals surface area contributed by atoms with Crippen molar-refractivity contribution in [2.75, 3.05) is 13.1 Å². The molecule has 0 bridgehead atoms. The van der Waals surface area contributed by atoms with Gasteiger partial charge in [-0.1, -0.05) is 27.2 Å². The summed E-state index contributed by atoms with van der Waals surface area (Å²) >= 11 is 0. The summed E-state index contributed by atoms with van der Waals surface area (Å²) in [6, 6.07) is 0. The van der Waals surface area contributed by atoms with Crippen LogP contribution in [0, 0.1) is 5.92 Å². The van der Waals surface area contributed by atoms with Crippen molar-refractivity contribution in [2.24, 2.45) is 5.92 Å². The van der Waals surface area contributed by atoms with Crippen LogP contribution < -0.4 is 0 Å². The summed E-state index contributed by atoms with van der Waals surface area (Å²) in [6.07, 6.45) is 12.1. The summed E-state index contributed by atoms with van der Waals surface area (Å²) in [5.41, 5.74) is 0.385. The third-order valence-electron chi connectivity index (χ3n) is 3.90. The van der Waals surface area contributed by atoms with Crippen LogP contribution in [-0.2, 0) is 9.59 Å². The molecule has 22 heavy (non-hydrogen) atoms. The summed E-state index contributed by atoms with van der Waals surface area (Å²) in [6.45, 7) is 8.22. The van der Waals surface area contributed by atoms with Crippen LogP contribution in [0.1, 0.15) is 65.7 Å². The molecule has 0 saturated carbocycles. The van der Waals surface area contributed by atoms with Gasteiger partial charge in [-0.05, 0) is 50.0 Å². The highest BCUT2D eigenvalue weighted by Gasteiger charge is 2.17. The maximum absolute atomic E-state index is 12.3. The summed E-state index contributed by atoms with van der Waals surface area (Å²) in [5, 5.41) is 0. The Bertz CT molecular complexity index is 415. The molecule has 3 nitrogen and oxygen atoms in total. The van der Waals surface area contributed by atoms with Gasteiger partial charge in [-0.25, -0.2) is 0 Å². The largest absolute Gasteiger partial charge is 0.377 e. The molecule has 0 aromatic heterocycles. The number of carbonyl (C=O) groups is 2. The Kier molecular flexibility index (Phi) is 8.79. The summed E-state index contributed by atoms with van der Waals surface area (Å²) < 4.78 is 0. The van der Waals surface area contributed by atoms with E-state index in [1.54, 1.807) is 6.08 Å². The van der Waals surface area contributed by atoms with Crippen LogP contribution in [0.3, 0.4) is 0 Å². The average Bonchev–Trinajstić information content (AvgIpc) is 2.49. The number of piperidine rings is 1. The van der Waals surface area contributed by atoms with Crippen LogP contribution in [0.4, 0.5) is 0 Å². The van der Waals surface area contributed by atoms with Crippen molar-refractivity contribution in [3.05, 3.63) is 23.9 Å². The van der Waals surface area contributed by atoms with E-state index >= 15 is 0 Å². The van der Waals surface area contributed by atoms with E-state index in [2.05, 4.69) is 11.8 Å². The molecule has 124 valence electrons. The molecule has 0 aromatic carbocycles. The van der Waals surface area contributed by atoms with Gasteiger partial charge in [0.25, 0.3) is 0 Å². The molecule has 1 aliphatic rings. The molecule has 0 unspecified atom stereocenters. The first-order chi connectivity index (χ1) is 10.5. The topological polar surface area (TPSA) is 37.4 Å². The van der Waals surface area contributed by atoms with E-state index in [0.29, 0.717) is 18.4 Å². The van der Waals surface area contributed by atoms with Crippen LogP contribution in [-0.4, -0.2) is 29.6 Å². The molecule has 0 N–H and O–H groups in total. The van der Waals surface area contributed by atoms with Crippen molar-refractivity contribution in [1.29, 1.82) is 0 Å². The van der Waals surface area contributed by atoms with Crippen molar-refractivity contribution in [1.82, 2.24) is 4.90 Å². The molecule has 1 heterocycles. The lowest BCUT2D eigenvalue weighted by atomic mass is 9.95. The van der Waals surface area contributed by atoms with Gasteiger partial charge < -0.3 is 4.90 Å². The molecule has 0 atom stereocenters. The number of carbonyl (C=O) groups excluding carboxylic acids is 2. The third-order valence-corrected chi connectivity index (χ3v) is 3.90. The Hall–Kier alpha value is -1.38. The van der Waals surface area contributed by atoms with E-state index in [0.717, 1.165) is 25.9 Å². The zero-order chi connectivity index (χ0) is 16.4. The first kappa shape index (κ1) is 18.7. The minimum Gasteiger partial charge on any atom is -0.377 e. The van der Waals surface area contributed by atoms with Crippen LogP contribution in [0.15, 0.2) is 23.9 Å². The SMILES string of the molecule is CCCCC(=O)/C(=C\C=C\N1CCCCC1)C(=O)CC(C)C. The minimum atomic E-state index is -0.0144. The number of rotatable bonds is 9. The molecule has 0 aromatic rings. The fourth-order valence-corrected chi connectivity index (χ4v) is 2.62. The quantitative estimate of drug-likeness (QED) is 0.276. The van der Waals surface area contributed by atoms with Gasteiger partial charge >= 0.3 is 0 Å². The molecule has 0 amide bonds. The summed E-state index contributed by atoms with van der Waals surface area (Å²) in [7, 11) is 0.